The lowest BCUT2D eigenvalue weighted by atomic mass is 10.2. The van der Waals surface area contributed by atoms with Gasteiger partial charge in [0.15, 0.2) is 0 Å². The normalized spacial score (nSPS) is 14.0. The molecule has 0 radical (unpaired) electrons. The molecule has 1 amide bonds. The Labute approximate surface area is 124 Å². The number of benzene rings is 1. The SMILES string of the molecule is CN(C)c1ccc(Cn2nccc2NC(=O)C2CC2)cc1. The summed E-state index contributed by atoms with van der Waals surface area (Å²) in [5, 5.41) is 7.25. The number of hydrogen-bond donors (Lipinski definition) is 1. The van der Waals surface area contributed by atoms with Crippen molar-refractivity contribution >= 4 is 17.4 Å². The molecule has 0 bridgehead atoms. The molecule has 1 fully saturated rings. The first-order valence-corrected chi connectivity index (χ1v) is 7.22. The highest BCUT2D eigenvalue weighted by atomic mass is 16.2. The molecule has 1 saturated carbocycles. The van der Waals surface area contributed by atoms with Crippen LogP contribution in [0.5, 0.6) is 0 Å². The van der Waals surface area contributed by atoms with Gasteiger partial charge in [-0.3, -0.25) is 4.79 Å². The second-order valence-electron chi connectivity index (χ2n) is 5.70. The third-order valence-corrected chi connectivity index (χ3v) is 3.70. The van der Waals surface area contributed by atoms with Crippen molar-refractivity contribution in [3.8, 4) is 0 Å². The zero-order chi connectivity index (χ0) is 14.8. The monoisotopic (exact) mass is 284 g/mol. The van der Waals surface area contributed by atoms with Crippen LogP contribution in [0.3, 0.4) is 0 Å². The fourth-order valence-electron chi connectivity index (χ4n) is 2.21. The smallest absolute Gasteiger partial charge is 0.228 e. The zero-order valence-corrected chi connectivity index (χ0v) is 12.4. The highest BCUT2D eigenvalue weighted by Gasteiger charge is 2.30. The van der Waals surface area contributed by atoms with Crippen LogP contribution in [-0.4, -0.2) is 29.8 Å². The van der Waals surface area contributed by atoms with Gasteiger partial charge in [-0.15, -0.1) is 0 Å². The lowest BCUT2D eigenvalue weighted by Crippen LogP contribution is -2.17. The highest BCUT2D eigenvalue weighted by molar-refractivity contribution is 5.93. The number of nitrogens with zero attached hydrogens (tertiary/aromatic N) is 3. The molecule has 5 heteroatoms. The summed E-state index contributed by atoms with van der Waals surface area (Å²) in [6.45, 7) is 0.654. The van der Waals surface area contributed by atoms with Gasteiger partial charge in [0.1, 0.15) is 5.82 Å². The first-order valence-electron chi connectivity index (χ1n) is 7.22. The Hall–Kier alpha value is -2.30. The maximum Gasteiger partial charge on any atom is 0.228 e. The molecule has 1 aromatic heterocycles. The van der Waals surface area contributed by atoms with E-state index in [0.29, 0.717) is 6.54 Å². The molecule has 2 aromatic rings. The number of nitrogens with one attached hydrogen (secondary N) is 1. The molecular formula is C16H20N4O. The molecule has 1 aliphatic rings. The number of rotatable bonds is 5. The van der Waals surface area contributed by atoms with E-state index in [-0.39, 0.29) is 11.8 Å². The lowest BCUT2D eigenvalue weighted by molar-refractivity contribution is -0.117. The van der Waals surface area contributed by atoms with Crippen molar-refractivity contribution < 1.29 is 4.79 Å². The molecule has 0 atom stereocenters. The summed E-state index contributed by atoms with van der Waals surface area (Å²) in [6.07, 6.45) is 3.73. The Kier molecular flexibility index (Phi) is 3.64. The van der Waals surface area contributed by atoms with Gasteiger partial charge >= 0.3 is 0 Å². The molecule has 0 aliphatic heterocycles. The van der Waals surface area contributed by atoms with E-state index < -0.39 is 0 Å². The topological polar surface area (TPSA) is 50.2 Å². The Morgan fingerprint density at radius 2 is 2.00 bits per heavy atom. The van der Waals surface area contributed by atoms with Crippen LogP contribution >= 0.6 is 0 Å². The van der Waals surface area contributed by atoms with E-state index in [1.807, 2.05) is 24.8 Å². The van der Waals surface area contributed by atoms with Crippen LogP contribution in [-0.2, 0) is 11.3 Å². The fraction of sp³-hybridized carbons (Fsp3) is 0.375. The molecule has 1 heterocycles. The molecule has 1 aromatic carbocycles. The zero-order valence-electron chi connectivity index (χ0n) is 12.4. The summed E-state index contributed by atoms with van der Waals surface area (Å²) in [5.74, 6) is 1.08. The maximum absolute atomic E-state index is 11.8. The average molecular weight is 284 g/mol. The van der Waals surface area contributed by atoms with E-state index >= 15 is 0 Å². The van der Waals surface area contributed by atoms with E-state index in [0.717, 1.165) is 24.2 Å². The number of amides is 1. The Morgan fingerprint density at radius 3 is 2.62 bits per heavy atom. The van der Waals surface area contributed by atoms with Gasteiger partial charge in [0, 0.05) is 31.8 Å². The van der Waals surface area contributed by atoms with Gasteiger partial charge in [-0.25, -0.2) is 4.68 Å². The van der Waals surface area contributed by atoms with Crippen molar-refractivity contribution in [3.63, 3.8) is 0 Å². The van der Waals surface area contributed by atoms with E-state index in [4.69, 9.17) is 0 Å². The second kappa shape index (κ2) is 5.60. The number of hydrogen-bond acceptors (Lipinski definition) is 3. The third-order valence-electron chi connectivity index (χ3n) is 3.70. The second-order valence-corrected chi connectivity index (χ2v) is 5.70. The third kappa shape index (κ3) is 3.24. The van der Waals surface area contributed by atoms with Gasteiger partial charge in [0.2, 0.25) is 5.91 Å². The van der Waals surface area contributed by atoms with E-state index in [2.05, 4.69) is 39.6 Å². The first kappa shape index (κ1) is 13.7. The molecule has 3 rings (SSSR count). The van der Waals surface area contributed by atoms with Gasteiger partial charge < -0.3 is 10.2 Å². The minimum absolute atomic E-state index is 0.111. The van der Waals surface area contributed by atoms with Crippen LogP contribution < -0.4 is 10.2 Å². The average Bonchev–Trinajstić information content (AvgIpc) is 3.24. The minimum Gasteiger partial charge on any atom is -0.378 e. The summed E-state index contributed by atoms with van der Waals surface area (Å²) >= 11 is 0. The summed E-state index contributed by atoms with van der Waals surface area (Å²) in [7, 11) is 4.04. The first-order chi connectivity index (χ1) is 10.1. The van der Waals surface area contributed by atoms with Gasteiger partial charge in [0.25, 0.3) is 0 Å². The van der Waals surface area contributed by atoms with Gasteiger partial charge in [-0.2, -0.15) is 5.10 Å². The molecule has 0 saturated heterocycles. The molecule has 0 unspecified atom stereocenters. The fourth-order valence-corrected chi connectivity index (χ4v) is 2.21. The van der Waals surface area contributed by atoms with Crippen LogP contribution in [0.2, 0.25) is 0 Å². The molecule has 1 N–H and O–H groups in total. The van der Waals surface area contributed by atoms with Crippen molar-refractivity contribution in [2.75, 3.05) is 24.3 Å². The van der Waals surface area contributed by atoms with Crippen molar-refractivity contribution in [2.24, 2.45) is 5.92 Å². The predicted octanol–water partition coefficient (Wildman–Crippen LogP) is 2.35. The quantitative estimate of drug-likeness (QED) is 0.917. The molecule has 21 heavy (non-hydrogen) atoms. The highest BCUT2D eigenvalue weighted by Crippen LogP contribution is 2.30. The summed E-state index contributed by atoms with van der Waals surface area (Å²) in [4.78, 5) is 13.9. The number of aromatic nitrogens is 2. The van der Waals surface area contributed by atoms with Gasteiger partial charge in [0.05, 0.1) is 12.7 Å². The van der Waals surface area contributed by atoms with Crippen LogP contribution in [0.4, 0.5) is 11.5 Å². The number of carbonyl (C=O) groups is 1. The maximum atomic E-state index is 11.8. The molecule has 1 aliphatic carbocycles. The molecule has 0 spiro atoms. The number of anilines is 2. The summed E-state index contributed by atoms with van der Waals surface area (Å²) < 4.78 is 1.82. The lowest BCUT2D eigenvalue weighted by Gasteiger charge is -2.13. The van der Waals surface area contributed by atoms with Crippen molar-refractivity contribution in [1.82, 2.24) is 9.78 Å². The Bertz CT molecular complexity index is 626. The predicted molar refractivity (Wildman–Crippen MR) is 83.5 cm³/mol. The van der Waals surface area contributed by atoms with Gasteiger partial charge in [-0.05, 0) is 30.5 Å². The van der Waals surface area contributed by atoms with Crippen LogP contribution in [0.25, 0.3) is 0 Å². The van der Waals surface area contributed by atoms with Crippen molar-refractivity contribution in [1.29, 1.82) is 0 Å². The van der Waals surface area contributed by atoms with Crippen molar-refractivity contribution in [3.05, 3.63) is 42.1 Å². The van der Waals surface area contributed by atoms with E-state index in [1.54, 1.807) is 6.20 Å². The van der Waals surface area contributed by atoms with Gasteiger partial charge in [-0.1, -0.05) is 12.1 Å². The van der Waals surface area contributed by atoms with Crippen LogP contribution in [0.15, 0.2) is 36.5 Å². The molecule has 110 valence electrons. The minimum atomic E-state index is 0.111. The van der Waals surface area contributed by atoms with E-state index in [9.17, 15) is 4.79 Å². The molecule has 5 nitrogen and oxygen atoms in total. The van der Waals surface area contributed by atoms with E-state index in [1.165, 1.54) is 5.69 Å². The Morgan fingerprint density at radius 1 is 1.29 bits per heavy atom. The standard InChI is InChI=1S/C16H20N4O/c1-19(2)14-7-3-12(4-8-14)11-20-15(9-10-17-20)18-16(21)13-5-6-13/h3-4,7-10,13H,5-6,11H2,1-2H3,(H,18,21). The Balaban J connectivity index is 1.69. The summed E-state index contributed by atoms with van der Waals surface area (Å²) in [6, 6.07) is 10.2. The van der Waals surface area contributed by atoms with Crippen molar-refractivity contribution in [2.45, 2.75) is 19.4 Å². The van der Waals surface area contributed by atoms with Crippen LogP contribution in [0.1, 0.15) is 18.4 Å². The summed E-state index contributed by atoms with van der Waals surface area (Å²) in [5.41, 5.74) is 2.33. The number of carbonyl (C=O) groups excluding carboxylic acids is 1. The largest absolute Gasteiger partial charge is 0.378 e. The molecular weight excluding hydrogens is 264 g/mol. The van der Waals surface area contributed by atoms with Crippen LogP contribution in [0, 0.1) is 5.92 Å².